The summed E-state index contributed by atoms with van der Waals surface area (Å²) in [6.45, 7) is 0.710. The van der Waals surface area contributed by atoms with E-state index in [1.165, 1.54) is 11.3 Å². The summed E-state index contributed by atoms with van der Waals surface area (Å²) < 4.78 is 5.75. The fraction of sp³-hybridized carbons (Fsp3) is 0.500. The molecule has 1 aromatic rings. The van der Waals surface area contributed by atoms with Gasteiger partial charge in [0.25, 0.3) is 0 Å². The molecule has 0 aromatic heterocycles. The topological polar surface area (TPSA) is 38.3 Å². The lowest BCUT2D eigenvalue weighted by molar-refractivity contribution is 0.0619. The quantitative estimate of drug-likeness (QED) is 0.766. The molecule has 0 fully saturated rings. The van der Waals surface area contributed by atoms with Crippen LogP contribution in [-0.4, -0.2) is 19.1 Å². The molecule has 3 heteroatoms. The van der Waals surface area contributed by atoms with Gasteiger partial charge in [0, 0.05) is 18.7 Å². The smallest absolute Gasteiger partial charge is 0.198 e. The van der Waals surface area contributed by atoms with Crippen molar-refractivity contribution in [3.05, 3.63) is 29.8 Å². The highest BCUT2D eigenvalue weighted by Gasteiger charge is 2.16. The van der Waals surface area contributed by atoms with Crippen LogP contribution >= 0.6 is 0 Å². The Morgan fingerprint density at radius 1 is 1.35 bits per heavy atom. The third kappa shape index (κ3) is 3.56. The van der Waals surface area contributed by atoms with Crippen LogP contribution in [0.25, 0.3) is 0 Å². The van der Waals surface area contributed by atoms with Crippen LogP contribution in [0, 0.1) is 0 Å². The number of aryl methyl sites for hydroxylation is 1. The molecule has 0 bridgehead atoms. The van der Waals surface area contributed by atoms with Crippen LogP contribution in [0.1, 0.15) is 31.2 Å². The number of hydrogen-bond acceptors (Lipinski definition) is 3. The molecule has 1 aliphatic heterocycles. The summed E-state index contributed by atoms with van der Waals surface area (Å²) in [5.41, 5.74) is 2.55. The van der Waals surface area contributed by atoms with Crippen molar-refractivity contribution in [2.45, 2.75) is 38.3 Å². The molecule has 91 valence electrons. The summed E-state index contributed by atoms with van der Waals surface area (Å²) in [5, 5.41) is 3.39. The van der Waals surface area contributed by atoms with Crippen LogP contribution in [0.15, 0.2) is 24.3 Å². The van der Waals surface area contributed by atoms with Crippen LogP contribution in [0.2, 0.25) is 0 Å². The van der Waals surface area contributed by atoms with E-state index in [1.807, 2.05) is 12.4 Å². The molecule has 0 saturated heterocycles. The van der Waals surface area contributed by atoms with E-state index >= 15 is 0 Å². The van der Waals surface area contributed by atoms with Crippen molar-refractivity contribution in [2.24, 2.45) is 0 Å². The Morgan fingerprint density at radius 2 is 2.24 bits per heavy atom. The van der Waals surface area contributed by atoms with E-state index < -0.39 is 0 Å². The van der Waals surface area contributed by atoms with E-state index in [0.717, 1.165) is 25.7 Å². The minimum Gasteiger partial charge on any atom is -0.360 e. The molecule has 1 heterocycles. The number of ether oxygens (including phenoxy) is 1. The molecule has 2 rings (SSSR count). The van der Waals surface area contributed by atoms with Crippen molar-refractivity contribution in [3.63, 3.8) is 0 Å². The molecule has 0 amide bonds. The van der Waals surface area contributed by atoms with Gasteiger partial charge in [-0.3, -0.25) is 4.79 Å². The first-order valence-electron chi connectivity index (χ1n) is 6.21. The Kier molecular flexibility index (Phi) is 4.56. The van der Waals surface area contributed by atoms with Crippen molar-refractivity contribution >= 4 is 12.0 Å². The van der Waals surface area contributed by atoms with Crippen molar-refractivity contribution < 1.29 is 9.53 Å². The minimum absolute atomic E-state index is 0.116. The average molecular weight is 232 g/mol. The summed E-state index contributed by atoms with van der Waals surface area (Å²) in [6, 6.07) is 8.34. The predicted octanol–water partition coefficient (Wildman–Crippen LogP) is 2.67. The summed E-state index contributed by atoms with van der Waals surface area (Å²) in [7, 11) is 0. The highest BCUT2D eigenvalue weighted by Crippen LogP contribution is 2.24. The van der Waals surface area contributed by atoms with Gasteiger partial charge in [0.1, 0.15) is 6.23 Å². The lowest BCUT2D eigenvalue weighted by Gasteiger charge is -2.27. The monoisotopic (exact) mass is 232 g/mol. The average Bonchev–Trinajstić information content (AvgIpc) is 2.38. The number of anilines is 1. The van der Waals surface area contributed by atoms with Crippen molar-refractivity contribution in [2.75, 3.05) is 11.9 Å². The molecular formula is C14H18NO2. The van der Waals surface area contributed by atoms with Gasteiger partial charge in [-0.1, -0.05) is 18.2 Å². The maximum absolute atomic E-state index is 10.0. The zero-order valence-corrected chi connectivity index (χ0v) is 9.95. The second-order valence-corrected chi connectivity index (χ2v) is 4.30. The lowest BCUT2D eigenvalue weighted by Crippen LogP contribution is -2.28. The first kappa shape index (κ1) is 12.1. The largest absolute Gasteiger partial charge is 0.360 e. The Bertz CT molecular complexity index is 365. The minimum atomic E-state index is 0.116. The molecule has 0 saturated carbocycles. The first-order chi connectivity index (χ1) is 8.40. The number of nitrogens with one attached hydrogen (secondary N) is 1. The Labute approximate surface area is 102 Å². The van der Waals surface area contributed by atoms with E-state index in [1.54, 1.807) is 0 Å². The van der Waals surface area contributed by atoms with Gasteiger partial charge in [-0.2, -0.15) is 0 Å². The van der Waals surface area contributed by atoms with Crippen LogP contribution in [-0.2, 0) is 16.0 Å². The first-order valence-corrected chi connectivity index (χ1v) is 6.21. The van der Waals surface area contributed by atoms with E-state index in [2.05, 4.69) is 23.5 Å². The second kappa shape index (κ2) is 6.40. The maximum Gasteiger partial charge on any atom is 0.198 e. The third-order valence-electron chi connectivity index (χ3n) is 3.00. The van der Waals surface area contributed by atoms with E-state index in [9.17, 15) is 4.79 Å². The van der Waals surface area contributed by atoms with Gasteiger partial charge in [-0.15, -0.1) is 0 Å². The summed E-state index contributed by atoms with van der Waals surface area (Å²) >= 11 is 0. The summed E-state index contributed by atoms with van der Waals surface area (Å²) in [5.74, 6) is 0. The molecule has 1 atom stereocenters. The standard InChI is InChI=1S/C14H18NO2/c16-10-4-1-5-11-17-14-9-8-12-6-2-3-7-13(12)15-14/h2-3,6-7,14-15H,1,4-5,8-9,11H2. The van der Waals surface area contributed by atoms with Crippen LogP contribution in [0.4, 0.5) is 5.69 Å². The van der Waals surface area contributed by atoms with E-state index in [-0.39, 0.29) is 6.23 Å². The van der Waals surface area contributed by atoms with Gasteiger partial charge < -0.3 is 10.1 Å². The lowest BCUT2D eigenvalue weighted by atomic mass is 10.0. The number of rotatable bonds is 6. The predicted molar refractivity (Wildman–Crippen MR) is 67.7 cm³/mol. The molecule has 1 unspecified atom stereocenters. The van der Waals surface area contributed by atoms with E-state index in [4.69, 9.17) is 4.74 Å². The number of benzene rings is 1. The number of unbranched alkanes of at least 4 members (excludes halogenated alkanes) is 2. The Hall–Kier alpha value is -1.35. The van der Waals surface area contributed by atoms with E-state index in [0.29, 0.717) is 13.0 Å². The fourth-order valence-electron chi connectivity index (χ4n) is 2.06. The van der Waals surface area contributed by atoms with Gasteiger partial charge >= 0.3 is 0 Å². The Balaban J connectivity index is 1.73. The highest BCUT2D eigenvalue weighted by atomic mass is 16.5. The molecule has 1 N–H and O–H groups in total. The van der Waals surface area contributed by atoms with Gasteiger partial charge in [0.2, 0.25) is 0 Å². The number of para-hydroxylation sites is 1. The van der Waals surface area contributed by atoms with Gasteiger partial charge in [-0.05, 0) is 37.3 Å². The number of hydrogen-bond donors (Lipinski definition) is 1. The van der Waals surface area contributed by atoms with Crippen LogP contribution in [0.3, 0.4) is 0 Å². The van der Waals surface area contributed by atoms with Crippen molar-refractivity contribution in [3.8, 4) is 0 Å². The van der Waals surface area contributed by atoms with Crippen LogP contribution < -0.4 is 5.32 Å². The molecule has 3 nitrogen and oxygen atoms in total. The van der Waals surface area contributed by atoms with Crippen molar-refractivity contribution in [1.82, 2.24) is 0 Å². The zero-order valence-electron chi connectivity index (χ0n) is 9.95. The number of carbonyl (C=O) groups excluding carboxylic acids is 1. The molecule has 0 aliphatic carbocycles. The normalized spacial score (nSPS) is 18.2. The van der Waals surface area contributed by atoms with Crippen molar-refractivity contribution in [1.29, 1.82) is 0 Å². The molecule has 1 aromatic carbocycles. The fourth-order valence-corrected chi connectivity index (χ4v) is 2.06. The van der Waals surface area contributed by atoms with Gasteiger partial charge in [0.05, 0.1) is 0 Å². The second-order valence-electron chi connectivity index (χ2n) is 4.30. The summed E-state index contributed by atoms with van der Waals surface area (Å²) in [4.78, 5) is 10.0. The molecular weight excluding hydrogens is 214 g/mol. The van der Waals surface area contributed by atoms with Crippen LogP contribution in [0.5, 0.6) is 0 Å². The highest BCUT2D eigenvalue weighted by molar-refractivity contribution is 5.53. The van der Waals surface area contributed by atoms with Gasteiger partial charge in [-0.25, -0.2) is 0 Å². The summed E-state index contributed by atoms with van der Waals surface area (Å²) in [6.07, 6.45) is 6.40. The molecule has 1 aliphatic rings. The molecule has 0 spiro atoms. The van der Waals surface area contributed by atoms with Gasteiger partial charge in [0.15, 0.2) is 6.29 Å². The number of fused-ring (bicyclic) bond motifs is 1. The Morgan fingerprint density at radius 3 is 3.12 bits per heavy atom. The SMILES string of the molecule is O=[C]CCCCOC1CCc2ccccc2N1. The molecule has 1 radical (unpaired) electrons. The maximum atomic E-state index is 10.0. The molecule has 17 heavy (non-hydrogen) atoms. The third-order valence-corrected chi connectivity index (χ3v) is 3.00. The zero-order chi connectivity index (χ0) is 11.9.